The lowest BCUT2D eigenvalue weighted by molar-refractivity contribution is 0.162. The van der Waals surface area contributed by atoms with E-state index in [2.05, 4.69) is 10.2 Å². The molecule has 0 saturated carbocycles. The van der Waals surface area contributed by atoms with Gasteiger partial charge in [-0.2, -0.15) is 0 Å². The van der Waals surface area contributed by atoms with E-state index in [1.807, 2.05) is 34.2 Å². The zero-order valence-electron chi connectivity index (χ0n) is 11.6. The van der Waals surface area contributed by atoms with Crippen molar-refractivity contribution in [2.45, 2.75) is 17.8 Å². The van der Waals surface area contributed by atoms with Crippen LogP contribution in [0.5, 0.6) is 0 Å². The summed E-state index contributed by atoms with van der Waals surface area (Å²) in [5.74, 6) is 1.76. The number of aromatic nitrogens is 3. The predicted octanol–water partition coefficient (Wildman–Crippen LogP) is 3.07. The van der Waals surface area contributed by atoms with Gasteiger partial charge in [-0.1, -0.05) is 17.8 Å². The van der Waals surface area contributed by atoms with Gasteiger partial charge in [0.2, 0.25) is 0 Å². The van der Waals surface area contributed by atoms with Crippen molar-refractivity contribution in [2.75, 3.05) is 12.4 Å². The first-order chi connectivity index (χ1) is 10.8. The fourth-order valence-corrected chi connectivity index (χ4v) is 3.45. The smallest absolute Gasteiger partial charge is 0.192 e. The highest BCUT2D eigenvalue weighted by Crippen LogP contribution is 2.28. The summed E-state index contributed by atoms with van der Waals surface area (Å²) in [7, 11) is 0. The molecule has 0 aliphatic carbocycles. The van der Waals surface area contributed by atoms with Gasteiger partial charge in [-0.15, -0.1) is 21.5 Å². The number of nitrogens with zero attached hydrogens (tertiary/aromatic N) is 3. The Bertz CT molecular complexity index is 698. The van der Waals surface area contributed by atoms with E-state index < -0.39 is 12.8 Å². The lowest BCUT2D eigenvalue weighted by Crippen LogP contribution is -2.13. The van der Waals surface area contributed by atoms with E-state index >= 15 is 0 Å². The molecule has 116 valence electrons. The van der Waals surface area contributed by atoms with Gasteiger partial charge in [0.05, 0.1) is 23.8 Å². The van der Waals surface area contributed by atoms with Crippen molar-refractivity contribution in [2.24, 2.45) is 0 Å². The lowest BCUT2D eigenvalue weighted by Gasteiger charge is -2.09. The highest BCUT2D eigenvalue weighted by atomic mass is 32.2. The highest BCUT2D eigenvalue weighted by molar-refractivity contribution is 7.99. The van der Waals surface area contributed by atoms with Crippen LogP contribution in [0.1, 0.15) is 5.76 Å². The van der Waals surface area contributed by atoms with Gasteiger partial charge in [-0.05, 0) is 23.6 Å². The number of alkyl halides is 1. The molecule has 0 radical (unpaired) electrons. The van der Waals surface area contributed by atoms with E-state index in [1.165, 1.54) is 11.8 Å². The second-order valence-corrected chi connectivity index (χ2v) is 6.50. The zero-order chi connectivity index (χ0) is 15.4. The third kappa shape index (κ3) is 3.40. The summed E-state index contributed by atoms with van der Waals surface area (Å²) < 4.78 is 19.7. The number of rotatable bonds is 7. The molecule has 3 rings (SSSR count). The first kappa shape index (κ1) is 15.3. The second kappa shape index (κ2) is 7.08. The lowest BCUT2D eigenvalue weighted by atomic mass is 10.4. The molecule has 8 heteroatoms. The Morgan fingerprint density at radius 1 is 1.36 bits per heavy atom. The quantitative estimate of drug-likeness (QED) is 0.670. The van der Waals surface area contributed by atoms with Gasteiger partial charge < -0.3 is 9.52 Å². The largest absolute Gasteiger partial charge is 0.467 e. The van der Waals surface area contributed by atoms with Crippen LogP contribution in [0.3, 0.4) is 0 Å². The number of furan rings is 1. The Morgan fingerprint density at radius 2 is 2.27 bits per heavy atom. The molecule has 1 N–H and O–H groups in total. The molecular formula is C14H14FN3O2S2. The summed E-state index contributed by atoms with van der Waals surface area (Å²) in [6.45, 7) is -0.279. The van der Waals surface area contributed by atoms with Gasteiger partial charge >= 0.3 is 0 Å². The molecular weight excluding hydrogens is 325 g/mol. The Balaban J connectivity index is 1.88. The minimum absolute atomic E-state index is 0.233. The maximum atomic E-state index is 12.4. The molecule has 1 atom stereocenters. The number of hydrogen-bond donors (Lipinski definition) is 1. The maximum Gasteiger partial charge on any atom is 0.192 e. The van der Waals surface area contributed by atoms with Gasteiger partial charge in [-0.25, -0.2) is 4.39 Å². The van der Waals surface area contributed by atoms with Crippen LogP contribution in [0.15, 0.2) is 45.5 Å². The Hall–Kier alpha value is -1.64. The van der Waals surface area contributed by atoms with Crippen LogP contribution in [-0.2, 0) is 6.54 Å². The van der Waals surface area contributed by atoms with E-state index in [-0.39, 0.29) is 5.75 Å². The predicted molar refractivity (Wildman–Crippen MR) is 83.9 cm³/mol. The molecule has 0 fully saturated rings. The molecule has 3 heterocycles. The van der Waals surface area contributed by atoms with E-state index in [0.29, 0.717) is 11.7 Å². The highest BCUT2D eigenvalue weighted by Gasteiger charge is 2.17. The average Bonchev–Trinajstić information content (AvgIpc) is 3.27. The van der Waals surface area contributed by atoms with Crippen LogP contribution in [0.25, 0.3) is 10.7 Å². The van der Waals surface area contributed by atoms with Gasteiger partial charge in [0.15, 0.2) is 11.0 Å². The standard InChI is InChI=1S/C14H14FN3O2S2/c15-7-10(19)9-22-14-17-16-13(12-4-2-6-21-12)18(14)8-11-3-1-5-20-11/h1-6,10,19H,7-9H2. The Kier molecular flexibility index (Phi) is 4.91. The number of thioether (sulfide) groups is 1. The maximum absolute atomic E-state index is 12.4. The van der Waals surface area contributed by atoms with Crippen molar-refractivity contribution in [1.29, 1.82) is 0 Å². The normalized spacial score (nSPS) is 12.6. The molecule has 0 aliphatic rings. The molecule has 0 aliphatic heterocycles. The van der Waals surface area contributed by atoms with Gasteiger partial charge in [0.25, 0.3) is 0 Å². The van der Waals surface area contributed by atoms with Crippen LogP contribution in [-0.4, -0.2) is 38.4 Å². The molecule has 0 bridgehead atoms. The number of aliphatic hydroxyl groups excluding tert-OH is 1. The van der Waals surface area contributed by atoms with E-state index in [4.69, 9.17) is 4.42 Å². The van der Waals surface area contributed by atoms with Crippen molar-refractivity contribution in [3.05, 3.63) is 41.7 Å². The summed E-state index contributed by atoms with van der Waals surface area (Å²) in [4.78, 5) is 0.997. The molecule has 1 unspecified atom stereocenters. The van der Waals surface area contributed by atoms with E-state index in [1.54, 1.807) is 17.6 Å². The SMILES string of the molecule is OC(CF)CSc1nnc(-c2cccs2)n1Cc1ccco1. The van der Waals surface area contributed by atoms with Crippen LogP contribution < -0.4 is 0 Å². The van der Waals surface area contributed by atoms with Gasteiger partial charge in [-0.3, -0.25) is 4.57 Å². The first-order valence-corrected chi connectivity index (χ1v) is 8.50. The second-order valence-electron chi connectivity index (χ2n) is 4.57. The number of aliphatic hydroxyl groups is 1. The molecule has 5 nitrogen and oxygen atoms in total. The molecule has 0 spiro atoms. The number of thiophene rings is 1. The van der Waals surface area contributed by atoms with E-state index in [0.717, 1.165) is 16.5 Å². The van der Waals surface area contributed by atoms with E-state index in [9.17, 15) is 9.50 Å². The van der Waals surface area contributed by atoms with Crippen molar-refractivity contribution in [3.8, 4) is 10.7 Å². The number of hydrogen-bond acceptors (Lipinski definition) is 6. The topological polar surface area (TPSA) is 64.1 Å². The van der Waals surface area contributed by atoms with Crippen LogP contribution in [0.2, 0.25) is 0 Å². The molecule has 3 aromatic heterocycles. The fraction of sp³-hybridized carbons (Fsp3) is 0.286. The van der Waals surface area contributed by atoms with Crippen molar-refractivity contribution in [3.63, 3.8) is 0 Å². The Morgan fingerprint density at radius 3 is 2.95 bits per heavy atom. The molecule has 0 amide bonds. The summed E-state index contributed by atoms with van der Waals surface area (Å²) in [6, 6.07) is 7.62. The fourth-order valence-electron chi connectivity index (χ4n) is 1.90. The molecule has 22 heavy (non-hydrogen) atoms. The van der Waals surface area contributed by atoms with Crippen LogP contribution in [0.4, 0.5) is 4.39 Å². The van der Waals surface area contributed by atoms with Crippen molar-refractivity contribution in [1.82, 2.24) is 14.8 Å². The monoisotopic (exact) mass is 339 g/mol. The first-order valence-electron chi connectivity index (χ1n) is 6.64. The van der Waals surface area contributed by atoms with Gasteiger partial charge in [0.1, 0.15) is 12.4 Å². The number of halogens is 1. The van der Waals surface area contributed by atoms with Crippen LogP contribution >= 0.6 is 23.1 Å². The van der Waals surface area contributed by atoms with Crippen molar-refractivity contribution < 1.29 is 13.9 Å². The van der Waals surface area contributed by atoms with Crippen molar-refractivity contribution >= 4 is 23.1 Å². The minimum atomic E-state index is -0.996. The summed E-state index contributed by atoms with van der Waals surface area (Å²) in [5, 5.41) is 20.4. The summed E-state index contributed by atoms with van der Waals surface area (Å²) in [6.07, 6.45) is 0.619. The third-order valence-electron chi connectivity index (χ3n) is 2.94. The van der Waals surface area contributed by atoms with Gasteiger partial charge in [0, 0.05) is 5.75 Å². The minimum Gasteiger partial charge on any atom is -0.467 e. The average molecular weight is 339 g/mol. The molecule has 0 aromatic carbocycles. The Labute approximate surface area is 134 Å². The molecule has 3 aromatic rings. The summed E-state index contributed by atoms with van der Waals surface area (Å²) >= 11 is 2.85. The molecule has 0 saturated heterocycles. The zero-order valence-corrected chi connectivity index (χ0v) is 13.2. The summed E-state index contributed by atoms with van der Waals surface area (Å²) in [5.41, 5.74) is 0. The third-order valence-corrected chi connectivity index (χ3v) is 4.91. The van der Waals surface area contributed by atoms with Crippen LogP contribution in [0, 0.1) is 0 Å².